The van der Waals surface area contributed by atoms with E-state index in [1.807, 2.05) is 13.8 Å². The first-order chi connectivity index (χ1) is 12.5. The van der Waals surface area contributed by atoms with Gasteiger partial charge < -0.3 is 10.3 Å². The maximum atomic E-state index is 12.4. The second kappa shape index (κ2) is 8.60. The molecule has 3 rings (SSSR count). The highest BCUT2D eigenvalue weighted by Crippen LogP contribution is 2.17. The van der Waals surface area contributed by atoms with Gasteiger partial charge in [-0.25, -0.2) is 4.79 Å². The SMILES string of the molecule is Cc1nc(=O)[nH]c(C)c1CCC(=O)N[C@H]1CCCN(Cc2cccs2)C1. The van der Waals surface area contributed by atoms with E-state index in [4.69, 9.17) is 0 Å². The van der Waals surface area contributed by atoms with E-state index in [1.165, 1.54) is 4.88 Å². The molecular formula is C19H26N4O2S. The van der Waals surface area contributed by atoms with Crippen molar-refractivity contribution in [1.29, 1.82) is 0 Å². The zero-order valence-corrected chi connectivity index (χ0v) is 16.2. The topological polar surface area (TPSA) is 78.1 Å². The summed E-state index contributed by atoms with van der Waals surface area (Å²) in [7, 11) is 0. The number of amides is 1. The second-order valence-electron chi connectivity index (χ2n) is 6.95. The van der Waals surface area contributed by atoms with E-state index in [0.29, 0.717) is 18.5 Å². The summed E-state index contributed by atoms with van der Waals surface area (Å²) < 4.78 is 0. The summed E-state index contributed by atoms with van der Waals surface area (Å²) in [4.78, 5) is 34.2. The molecular weight excluding hydrogens is 348 g/mol. The number of nitrogens with zero attached hydrogens (tertiary/aromatic N) is 2. The Morgan fingerprint density at radius 1 is 1.46 bits per heavy atom. The van der Waals surface area contributed by atoms with E-state index in [2.05, 4.69) is 37.7 Å². The number of hydrogen-bond acceptors (Lipinski definition) is 5. The van der Waals surface area contributed by atoms with E-state index >= 15 is 0 Å². The lowest BCUT2D eigenvalue weighted by Gasteiger charge is -2.32. The summed E-state index contributed by atoms with van der Waals surface area (Å²) in [6, 6.07) is 4.46. The van der Waals surface area contributed by atoms with Crippen LogP contribution in [0.1, 0.15) is 41.1 Å². The van der Waals surface area contributed by atoms with Gasteiger partial charge in [-0.15, -0.1) is 11.3 Å². The van der Waals surface area contributed by atoms with E-state index < -0.39 is 0 Å². The molecule has 3 heterocycles. The number of H-pyrrole nitrogens is 1. The zero-order valence-electron chi connectivity index (χ0n) is 15.4. The van der Waals surface area contributed by atoms with Gasteiger partial charge in [0, 0.05) is 41.8 Å². The van der Waals surface area contributed by atoms with Crippen LogP contribution >= 0.6 is 11.3 Å². The van der Waals surface area contributed by atoms with Gasteiger partial charge in [0.15, 0.2) is 0 Å². The predicted octanol–water partition coefficient (Wildman–Crippen LogP) is 2.16. The van der Waals surface area contributed by atoms with Crippen LogP contribution in [0.15, 0.2) is 22.3 Å². The Hall–Kier alpha value is -1.99. The molecule has 1 fully saturated rings. The number of nitrogens with one attached hydrogen (secondary N) is 2. The maximum Gasteiger partial charge on any atom is 0.345 e. The van der Waals surface area contributed by atoms with Gasteiger partial charge in [0.05, 0.1) is 0 Å². The predicted molar refractivity (Wildman–Crippen MR) is 103 cm³/mol. The standard InChI is InChI=1S/C19H26N4O2S/c1-13-17(14(2)21-19(25)20-13)7-8-18(24)22-15-5-3-9-23(11-15)12-16-6-4-10-26-16/h4,6,10,15H,3,5,7-9,11-12H2,1-2H3,(H,22,24)(H,20,21,25)/t15-/m0/s1. The van der Waals surface area contributed by atoms with Gasteiger partial charge in [-0.05, 0) is 56.7 Å². The number of thiophene rings is 1. The summed E-state index contributed by atoms with van der Waals surface area (Å²) in [5.74, 6) is 0.0676. The molecule has 1 saturated heterocycles. The highest BCUT2D eigenvalue weighted by molar-refractivity contribution is 7.09. The second-order valence-corrected chi connectivity index (χ2v) is 7.98. The molecule has 0 saturated carbocycles. The average Bonchev–Trinajstić information content (AvgIpc) is 3.07. The molecule has 0 aliphatic carbocycles. The van der Waals surface area contributed by atoms with Crippen molar-refractivity contribution in [2.24, 2.45) is 0 Å². The molecule has 0 aromatic carbocycles. The molecule has 2 aromatic rings. The number of carbonyl (C=O) groups is 1. The molecule has 1 aliphatic rings. The first kappa shape index (κ1) is 18.8. The number of hydrogen-bond donors (Lipinski definition) is 2. The molecule has 0 spiro atoms. The third-order valence-electron chi connectivity index (χ3n) is 4.89. The van der Waals surface area contributed by atoms with Crippen molar-refractivity contribution in [3.8, 4) is 0 Å². The Morgan fingerprint density at radius 3 is 3.04 bits per heavy atom. The number of aromatic nitrogens is 2. The fourth-order valence-corrected chi connectivity index (χ4v) is 4.35. The number of aromatic amines is 1. The van der Waals surface area contributed by atoms with Gasteiger partial charge in [-0.3, -0.25) is 9.69 Å². The van der Waals surface area contributed by atoms with Crippen LogP contribution in [0.25, 0.3) is 0 Å². The van der Waals surface area contributed by atoms with Crippen LogP contribution in [0.4, 0.5) is 0 Å². The van der Waals surface area contributed by atoms with Crippen molar-refractivity contribution in [3.05, 3.63) is 49.8 Å². The van der Waals surface area contributed by atoms with Crippen molar-refractivity contribution >= 4 is 17.2 Å². The third kappa shape index (κ3) is 5.02. The average molecular weight is 375 g/mol. The molecule has 1 aliphatic heterocycles. The van der Waals surface area contributed by atoms with Gasteiger partial charge in [0.2, 0.25) is 5.91 Å². The summed E-state index contributed by atoms with van der Waals surface area (Å²) in [6.45, 7) is 6.63. The lowest BCUT2D eigenvalue weighted by atomic mass is 10.0. The van der Waals surface area contributed by atoms with E-state index in [9.17, 15) is 9.59 Å². The Morgan fingerprint density at radius 2 is 2.31 bits per heavy atom. The molecule has 26 heavy (non-hydrogen) atoms. The van der Waals surface area contributed by atoms with Crippen LogP contribution in [-0.2, 0) is 17.8 Å². The molecule has 140 valence electrons. The van der Waals surface area contributed by atoms with Gasteiger partial charge in [0.25, 0.3) is 0 Å². The van der Waals surface area contributed by atoms with Crippen LogP contribution in [0.5, 0.6) is 0 Å². The molecule has 0 radical (unpaired) electrons. The van der Waals surface area contributed by atoms with E-state index in [0.717, 1.165) is 43.7 Å². The van der Waals surface area contributed by atoms with Gasteiger partial charge in [0.1, 0.15) is 0 Å². The van der Waals surface area contributed by atoms with E-state index in [1.54, 1.807) is 11.3 Å². The van der Waals surface area contributed by atoms with Crippen LogP contribution in [-0.4, -0.2) is 39.9 Å². The maximum absolute atomic E-state index is 12.4. The van der Waals surface area contributed by atoms with Crippen LogP contribution in [0.3, 0.4) is 0 Å². The normalized spacial score (nSPS) is 18.0. The number of piperidine rings is 1. The zero-order chi connectivity index (χ0) is 18.5. The molecule has 1 amide bonds. The van der Waals surface area contributed by atoms with E-state index in [-0.39, 0.29) is 17.6 Å². The smallest absolute Gasteiger partial charge is 0.345 e. The summed E-state index contributed by atoms with van der Waals surface area (Å²) >= 11 is 1.78. The minimum atomic E-state index is -0.332. The molecule has 2 N–H and O–H groups in total. The Labute approximate surface area is 157 Å². The summed E-state index contributed by atoms with van der Waals surface area (Å²) in [5, 5.41) is 5.28. The molecule has 0 bridgehead atoms. The molecule has 0 unspecified atom stereocenters. The summed E-state index contributed by atoms with van der Waals surface area (Å²) in [5.41, 5.74) is 2.14. The first-order valence-corrected chi connectivity index (χ1v) is 9.99. The monoisotopic (exact) mass is 374 g/mol. The fourth-order valence-electron chi connectivity index (χ4n) is 3.60. The molecule has 6 nitrogen and oxygen atoms in total. The molecule has 2 aromatic heterocycles. The van der Waals surface area contributed by atoms with Crippen molar-refractivity contribution in [1.82, 2.24) is 20.2 Å². The van der Waals surface area contributed by atoms with Crippen LogP contribution < -0.4 is 11.0 Å². The highest BCUT2D eigenvalue weighted by atomic mass is 32.1. The van der Waals surface area contributed by atoms with Gasteiger partial charge in [-0.2, -0.15) is 4.98 Å². The van der Waals surface area contributed by atoms with Crippen LogP contribution in [0, 0.1) is 13.8 Å². The molecule has 1 atom stereocenters. The van der Waals surface area contributed by atoms with Crippen LogP contribution in [0.2, 0.25) is 0 Å². The lowest BCUT2D eigenvalue weighted by molar-refractivity contribution is -0.122. The van der Waals surface area contributed by atoms with Crippen molar-refractivity contribution in [2.75, 3.05) is 13.1 Å². The lowest BCUT2D eigenvalue weighted by Crippen LogP contribution is -2.47. The minimum absolute atomic E-state index is 0.0676. The largest absolute Gasteiger partial charge is 0.352 e. The number of aryl methyl sites for hydroxylation is 2. The highest BCUT2D eigenvalue weighted by Gasteiger charge is 2.21. The quantitative estimate of drug-likeness (QED) is 0.812. The third-order valence-corrected chi connectivity index (χ3v) is 5.75. The number of rotatable bonds is 6. The Balaban J connectivity index is 1.49. The first-order valence-electron chi connectivity index (χ1n) is 9.12. The number of likely N-dealkylation sites (tertiary alicyclic amines) is 1. The van der Waals surface area contributed by atoms with Crippen molar-refractivity contribution in [3.63, 3.8) is 0 Å². The number of carbonyl (C=O) groups excluding carboxylic acids is 1. The Bertz CT molecular complexity index is 774. The van der Waals surface area contributed by atoms with Gasteiger partial charge >= 0.3 is 5.69 Å². The van der Waals surface area contributed by atoms with Crippen molar-refractivity contribution in [2.45, 2.75) is 52.1 Å². The van der Waals surface area contributed by atoms with Crippen molar-refractivity contribution < 1.29 is 4.79 Å². The molecule has 7 heteroatoms. The summed E-state index contributed by atoms with van der Waals surface area (Å²) in [6.07, 6.45) is 3.15. The Kier molecular flexibility index (Phi) is 6.21. The minimum Gasteiger partial charge on any atom is -0.352 e. The fraction of sp³-hybridized carbons (Fsp3) is 0.526. The van der Waals surface area contributed by atoms with Gasteiger partial charge in [-0.1, -0.05) is 6.07 Å².